The molecule has 2 rings (SSSR count). The van der Waals surface area contributed by atoms with Crippen molar-refractivity contribution in [3.63, 3.8) is 0 Å². The summed E-state index contributed by atoms with van der Waals surface area (Å²) >= 11 is 0. The summed E-state index contributed by atoms with van der Waals surface area (Å²) in [4.78, 5) is 0. The lowest BCUT2D eigenvalue weighted by molar-refractivity contribution is 0.458. The molecule has 5 heteroatoms. The van der Waals surface area contributed by atoms with Crippen LogP contribution >= 0.6 is 0 Å². The number of nitrogens with one attached hydrogen (secondary N) is 1. The highest BCUT2D eigenvalue weighted by Gasteiger charge is 2.20. The second kappa shape index (κ2) is 7.38. The third-order valence-corrected chi connectivity index (χ3v) is 5.64. The number of nitrogens with zero attached hydrogens (tertiary/aromatic N) is 1. The van der Waals surface area contributed by atoms with Gasteiger partial charge >= 0.3 is 0 Å². The molecule has 4 nitrogen and oxygen atoms in total. The predicted molar refractivity (Wildman–Crippen MR) is 86.5 cm³/mol. The highest BCUT2D eigenvalue weighted by molar-refractivity contribution is 7.88. The van der Waals surface area contributed by atoms with Gasteiger partial charge in [-0.2, -0.15) is 0 Å². The van der Waals surface area contributed by atoms with E-state index in [4.69, 9.17) is 0 Å². The van der Waals surface area contributed by atoms with Crippen molar-refractivity contribution < 1.29 is 8.42 Å². The first-order valence-corrected chi connectivity index (χ1v) is 9.37. The molecule has 1 aromatic carbocycles. The van der Waals surface area contributed by atoms with Gasteiger partial charge in [-0.3, -0.25) is 0 Å². The van der Waals surface area contributed by atoms with Gasteiger partial charge in [0.2, 0.25) is 10.0 Å². The van der Waals surface area contributed by atoms with Gasteiger partial charge in [0.1, 0.15) is 0 Å². The maximum Gasteiger partial charge on any atom is 0.218 e. The fraction of sp³-hybridized carbons (Fsp3) is 0.625. The van der Waals surface area contributed by atoms with E-state index in [-0.39, 0.29) is 5.75 Å². The average Bonchev–Trinajstić information content (AvgIpc) is 3.26. The van der Waals surface area contributed by atoms with E-state index in [1.165, 1.54) is 17.1 Å². The van der Waals surface area contributed by atoms with Crippen LogP contribution in [0.3, 0.4) is 0 Å². The second-order valence-electron chi connectivity index (χ2n) is 5.91. The van der Waals surface area contributed by atoms with Crippen LogP contribution in [-0.4, -0.2) is 32.4 Å². The number of benzene rings is 1. The Hall–Kier alpha value is -0.910. The molecule has 0 saturated heterocycles. The molecule has 0 unspecified atom stereocenters. The van der Waals surface area contributed by atoms with Gasteiger partial charge in [0.25, 0.3) is 0 Å². The van der Waals surface area contributed by atoms with E-state index < -0.39 is 10.0 Å². The first-order valence-electron chi connectivity index (χ1n) is 7.76. The molecule has 0 aliphatic heterocycles. The first-order chi connectivity index (χ1) is 10.0. The van der Waals surface area contributed by atoms with E-state index in [0.717, 1.165) is 30.5 Å². The van der Waals surface area contributed by atoms with Crippen LogP contribution < -0.4 is 5.32 Å². The van der Waals surface area contributed by atoms with Crippen molar-refractivity contribution in [1.82, 2.24) is 9.62 Å². The number of hydrogen-bond acceptors (Lipinski definition) is 3. The highest BCUT2D eigenvalue weighted by atomic mass is 32.2. The smallest absolute Gasteiger partial charge is 0.218 e. The van der Waals surface area contributed by atoms with Crippen LogP contribution in [0.15, 0.2) is 24.3 Å². The van der Waals surface area contributed by atoms with Crippen LogP contribution in [0.5, 0.6) is 0 Å². The number of unbranched alkanes of at least 4 members (excludes halogenated alkanes) is 1. The Morgan fingerprint density at radius 3 is 2.67 bits per heavy atom. The monoisotopic (exact) mass is 310 g/mol. The zero-order chi connectivity index (χ0) is 15.3. The molecule has 0 aromatic heterocycles. The molecule has 0 bridgehead atoms. The van der Waals surface area contributed by atoms with Gasteiger partial charge in [0.15, 0.2) is 0 Å². The summed E-state index contributed by atoms with van der Waals surface area (Å²) in [7, 11) is -1.54. The Bertz CT molecular complexity index is 553. The zero-order valence-electron chi connectivity index (χ0n) is 13.0. The summed E-state index contributed by atoms with van der Waals surface area (Å²) in [5.74, 6) is 0.0878. The molecule has 1 aliphatic carbocycles. The maximum atomic E-state index is 12.3. The summed E-state index contributed by atoms with van der Waals surface area (Å²) in [6, 6.07) is 8.55. The van der Waals surface area contributed by atoms with E-state index >= 15 is 0 Å². The number of hydrogen-bond donors (Lipinski definition) is 1. The fourth-order valence-corrected chi connectivity index (χ4v) is 3.45. The van der Waals surface area contributed by atoms with Gasteiger partial charge in [-0.05, 0) is 30.4 Å². The Kier molecular flexibility index (Phi) is 5.79. The lowest BCUT2D eigenvalue weighted by Gasteiger charge is -2.17. The van der Waals surface area contributed by atoms with Crippen molar-refractivity contribution in [3.05, 3.63) is 35.4 Å². The van der Waals surface area contributed by atoms with Gasteiger partial charge < -0.3 is 5.32 Å². The molecule has 0 heterocycles. The Balaban J connectivity index is 1.95. The lowest BCUT2D eigenvalue weighted by atomic mass is 10.1. The Morgan fingerprint density at radius 1 is 1.29 bits per heavy atom. The van der Waals surface area contributed by atoms with Crippen LogP contribution in [0.25, 0.3) is 0 Å². The molecule has 0 spiro atoms. The first kappa shape index (κ1) is 16.5. The van der Waals surface area contributed by atoms with Gasteiger partial charge in [0.05, 0.1) is 5.75 Å². The van der Waals surface area contributed by atoms with E-state index in [0.29, 0.717) is 12.6 Å². The highest BCUT2D eigenvalue weighted by Crippen LogP contribution is 2.19. The standard InChI is InChI=1S/C16H26N2O2S/c1-3-4-10-18(2)21(19,20)13-15-7-5-6-14(11-15)12-17-16-8-9-16/h5-7,11,16-17H,3-4,8-10,12-13H2,1-2H3. The van der Waals surface area contributed by atoms with Gasteiger partial charge in [-0.15, -0.1) is 0 Å². The molecule has 1 saturated carbocycles. The molecule has 0 atom stereocenters. The van der Waals surface area contributed by atoms with Crippen molar-refractivity contribution in [2.45, 2.75) is 50.9 Å². The SMILES string of the molecule is CCCCN(C)S(=O)(=O)Cc1cccc(CNC2CC2)c1. The van der Waals surface area contributed by atoms with Crippen LogP contribution in [0, 0.1) is 0 Å². The summed E-state index contributed by atoms with van der Waals surface area (Å²) in [6.07, 6.45) is 4.43. The quantitative estimate of drug-likeness (QED) is 0.762. The number of rotatable bonds is 9. The van der Waals surface area contributed by atoms with E-state index in [1.54, 1.807) is 7.05 Å². The van der Waals surface area contributed by atoms with Crippen molar-refractivity contribution in [3.8, 4) is 0 Å². The maximum absolute atomic E-state index is 12.3. The topological polar surface area (TPSA) is 49.4 Å². The fourth-order valence-electron chi connectivity index (χ4n) is 2.22. The number of sulfonamides is 1. The molecular formula is C16H26N2O2S. The van der Waals surface area contributed by atoms with Crippen molar-refractivity contribution in [1.29, 1.82) is 0 Å². The molecule has 118 valence electrons. The molecule has 1 aromatic rings. The van der Waals surface area contributed by atoms with Gasteiger partial charge in [0, 0.05) is 26.2 Å². The minimum absolute atomic E-state index is 0.0878. The van der Waals surface area contributed by atoms with E-state index in [9.17, 15) is 8.42 Å². The zero-order valence-corrected chi connectivity index (χ0v) is 13.8. The molecule has 1 N–H and O–H groups in total. The molecule has 21 heavy (non-hydrogen) atoms. The van der Waals surface area contributed by atoms with Crippen LogP contribution in [0.1, 0.15) is 43.7 Å². The van der Waals surface area contributed by atoms with Crippen LogP contribution in [0.4, 0.5) is 0 Å². The Labute approximate surface area is 128 Å². The van der Waals surface area contributed by atoms with Crippen LogP contribution in [0.2, 0.25) is 0 Å². The minimum atomic E-state index is -3.21. The van der Waals surface area contributed by atoms with E-state index in [1.807, 2.05) is 24.3 Å². The third kappa shape index (κ3) is 5.41. The van der Waals surface area contributed by atoms with E-state index in [2.05, 4.69) is 12.2 Å². The molecule has 0 radical (unpaired) electrons. The normalized spacial score (nSPS) is 15.6. The average molecular weight is 310 g/mol. The van der Waals surface area contributed by atoms with Gasteiger partial charge in [-0.25, -0.2) is 12.7 Å². The lowest BCUT2D eigenvalue weighted by Crippen LogP contribution is -2.29. The summed E-state index contributed by atoms with van der Waals surface area (Å²) < 4.78 is 26.1. The molecule has 1 aliphatic rings. The third-order valence-electron chi connectivity index (χ3n) is 3.81. The minimum Gasteiger partial charge on any atom is -0.310 e. The molecule has 1 fully saturated rings. The largest absolute Gasteiger partial charge is 0.310 e. The summed E-state index contributed by atoms with van der Waals surface area (Å²) in [5.41, 5.74) is 2.03. The Morgan fingerprint density at radius 2 is 2.00 bits per heavy atom. The molecule has 0 amide bonds. The second-order valence-corrected chi connectivity index (χ2v) is 7.98. The summed E-state index contributed by atoms with van der Waals surface area (Å²) in [5, 5.41) is 3.45. The van der Waals surface area contributed by atoms with Crippen molar-refractivity contribution in [2.75, 3.05) is 13.6 Å². The van der Waals surface area contributed by atoms with Crippen molar-refractivity contribution in [2.24, 2.45) is 0 Å². The molecular weight excluding hydrogens is 284 g/mol. The van der Waals surface area contributed by atoms with Gasteiger partial charge in [-0.1, -0.05) is 37.6 Å². The van der Waals surface area contributed by atoms with Crippen LogP contribution in [-0.2, 0) is 22.3 Å². The predicted octanol–water partition coefficient (Wildman–Crippen LogP) is 2.50. The summed E-state index contributed by atoms with van der Waals surface area (Å²) in [6.45, 7) is 3.49. The van der Waals surface area contributed by atoms with Crippen molar-refractivity contribution >= 4 is 10.0 Å².